The average Bonchev–Trinajstić information content (AvgIpc) is 3.74. The normalized spacial score (nSPS) is 11.4. The third kappa shape index (κ3) is 6.91. The molecule has 6 nitrogen and oxygen atoms in total. The first-order valence-electron chi connectivity index (χ1n) is 16.3. The third-order valence-electron chi connectivity index (χ3n) is 8.43. The number of nitrogens with zero attached hydrogens (tertiary/aromatic N) is 4. The Bertz CT molecular complexity index is 1860. The number of hydrogen-bond acceptors (Lipinski definition) is 6. The van der Waals surface area contributed by atoms with E-state index in [2.05, 4.69) is 86.0 Å². The Morgan fingerprint density at radius 1 is 0.521 bits per heavy atom. The Hall–Kier alpha value is -4.78. The maximum Gasteiger partial charge on any atom is 0.220 e. The van der Waals surface area contributed by atoms with Crippen LogP contribution < -0.4 is 9.80 Å². The highest BCUT2D eigenvalue weighted by Crippen LogP contribution is 2.39. The lowest BCUT2D eigenvalue weighted by molar-refractivity contribution is 0.555. The van der Waals surface area contributed by atoms with E-state index in [4.69, 9.17) is 42.0 Å². The van der Waals surface area contributed by atoms with E-state index in [9.17, 15) is 0 Å². The minimum atomic E-state index is 0.398. The van der Waals surface area contributed by atoms with Crippen molar-refractivity contribution in [2.75, 3.05) is 36.0 Å². The molecule has 0 aliphatic rings. The molecule has 0 saturated heterocycles. The minimum Gasteiger partial charge on any atom is -0.436 e. The first-order chi connectivity index (χ1) is 23.4. The van der Waals surface area contributed by atoms with E-state index in [1.165, 1.54) is 0 Å². The Balaban J connectivity index is 1.39. The third-order valence-corrected chi connectivity index (χ3v) is 9.09. The van der Waals surface area contributed by atoms with Crippen LogP contribution in [0.3, 0.4) is 0 Å². The summed E-state index contributed by atoms with van der Waals surface area (Å²) in [5.41, 5.74) is 7.10. The second-order valence-corrected chi connectivity index (χ2v) is 12.0. The molecule has 0 radical (unpaired) electrons. The van der Waals surface area contributed by atoms with Crippen LogP contribution in [0.1, 0.15) is 39.5 Å². The van der Waals surface area contributed by atoms with Crippen molar-refractivity contribution in [2.45, 2.75) is 27.7 Å². The molecule has 0 amide bonds. The summed E-state index contributed by atoms with van der Waals surface area (Å²) < 4.78 is 12.7. The monoisotopic (exact) mass is 676 g/mol. The summed E-state index contributed by atoms with van der Waals surface area (Å²) in [5.74, 6) is 1.98. The molecule has 0 saturated carbocycles. The van der Waals surface area contributed by atoms with Crippen LogP contribution in [0.25, 0.3) is 57.3 Å². The van der Waals surface area contributed by atoms with E-state index < -0.39 is 0 Å². The molecule has 2 aromatic heterocycles. The maximum absolute atomic E-state index is 6.65. The van der Waals surface area contributed by atoms with Gasteiger partial charge in [-0.3, -0.25) is 0 Å². The Kier molecular flexibility index (Phi) is 10.3. The van der Waals surface area contributed by atoms with Crippen LogP contribution in [0.5, 0.6) is 0 Å². The molecule has 0 spiro atoms. The zero-order valence-corrected chi connectivity index (χ0v) is 29.1. The average molecular weight is 678 g/mol. The summed E-state index contributed by atoms with van der Waals surface area (Å²) in [6.07, 6.45) is 3.53. The van der Waals surface area contributed by atoms with Crippen molar-refractivity contribution >= 4 is 46.7 Å². The van der Waals surface area contributed by atoms with E-state index >= 15 is 0 Å². The molecule has 6 rings (SSSR count). The number of hydrogen-bond donors (Lipinski definition) is 0. The first kappa shape index (κ1) is 33.1. The van der Waals surface area contributed by atoms with E-state index in [-0.39, 0.29) is 0 Å². The van der Waals surface area contributed by atoms with Crippen LogP contribution in [0, 0.1) is 0 Å². The fourth-order valence-electron chi connectivity index (χ4n) is 5.84. The van der Waals surface area contributed by atoms with Crippen molar-refractivity contribution < 1.29 is 8.83 Å². The van der Waals surface area contributed by atoms with Gasteiger partial charge in [-0.2, -0.15) is 0 Å². The summed E-state index contributed by atoms with van der Waals surface area (Å²) in [6, 6.07) is 32.0. The molecule has 8 heteroatoms. The highest BCUT2D eigenvalue weighted by atomic mass is 35.5. The molecule has 6 aromatic rings. The molecule has 4 aromatic carbocycles. The van der Waals surface area contributed by atoms with Crippen molar-refractivity contribution in [1.29, 1.82) is 0 Å². The largest absolute Gasteiger partial charge is 0.436 e. The van der Waals surface area contributed by atoms with Gasteiger partial charge in [-0.15, -0.1) is 0 Å². The van der Waals surface area contributed by atoms with Crippen LogP contribution in [0.2, 0.25) is 10.0 Å². The maximum atomic E-state index is 6.65. The molecule has 244 valence electrons. The van der Waals surface area contributed by atoms with E-state index in [0.29, 0.717) is 44.7 Å². The number of aromatic nitrogens is 2. The molecule has 0 fully saturated rings. The van der Waals surface area contributed by atoms with Crippen LogP contribution in [-0.2, 0) is 0 Å². The number of benzene rings is 4. The standard InChI is InChI=1S/C40H38Cl2N4O2/c1-5-45(6-2)29-21-17-27(18-22-29)37-39(31-13-9-11-15-33(31)41)47-35(43-37)25-26-36-44-38(40(48-36)32-14-10-12-16-34(32)42)28-19-23-30(24-20-28)46(7-3)8-4/h9-26H,5-8H2,1-4H3/b26-25+. The van der Waals surface area contributed by atoms with Crippen molar-refractivity contribution in [2.24, 2.45) is 0 Å². The number of anilines is 2. The van der Waals surface area contributed by atoms with Crippen LogP contribution in [0.15, 0.2) is 106 Å². The Morgan fingerprint density at radius 2 is 0.875 bits per heavy atom. The van der Waals surface area contributed by atoms with Gasteiger partial charge in [-0.25, -0.2) is 9.97 Å². The van der Waals surface area contributed by atoms with Gasteiger partial charge >= 0.3 is 0 Å². The molecule has 2 heterocycles. The van der Waals surface area contributed by atoms with Crippen molar-refractivity contribution in [3.63, 3.8) is 0 Å². The highest BCUT2D eigenvalue weighted by Gasteiger charge is 2.21. The second kappa shape index (κ2) is 15.0. The highest BCUT2D eigenvalue weighted by molar-refractivity contribution is 6.33. The van der Waals surface area contributed by atoms with Crippen molar-refractivity contribution in [3.05, 3.63) is 119 Å². The SMILES string of the molecule is CCN(CC)c1ccc(-c2nc(/C=C/c3nc(-c4ccc(N(CC)CC)cc4)c(-c4ccccc4Cl)o3)oc2-c2ccccc2Cl)cc1. The zero-order chi connectivity index (χ0) is 33.6. The smallest absolute Gasteiger partial charge is 0.220 e. The van der Waals surface area contributed by atoms with E-state index in [1.807, 2.05) is 48.5 Å². The molecule has 48 heavy (non-hydrogen) atoms. The molecule has 0 N–H and O–H groups in total. The van der Waals surface area contributed by atoms with Crippen molar-refractivity contribution in [3.8, 4) is 45.2 Å². The topological polar surface area (TPSA) is 58.5 Å². The summed E-state index contributed by atoms with van der Waals surface area (Å²) in [7, 11) is 0. The minimum absolute atomic E-state index is 0.398. The van der Waals surface area contributed by atoms with Crippen LogP contribution in [-0.4, -0.2) is 36.1 Å². The molecule has 0 aliphatic heterocycles. The number of oxazole rings is 2. The fourth-order valence-corrected chi connectivity index (χ4v) is 6.29. The number of rotatable bonds is 12. The fraction of sp³-hybridized carbons (Fsp3) is 0.200. The van der Waals surface area contributed by atoms with Crippen LogP contribution >= 0.6 is 23.2 Å². The molecule has 0 aliphatic carbocycles. The van der Waals surface area contributed by atoms with Gasteiger partial charge in [0.1, 0.15) is 11.4 Å². The van der Waals surface area contributed by atoms with E-state index in [1.54, 1.807) is 12.2 Å². The number of halogens is 2. The first-order valence-corrected chi connectivity index (χ1v) is 17.1. The predicted molar refractivity (Wildman–Crippen MR) is 201 cm³/mol. The molecular formula is C40H38Cl2N4O2. The predicted octanol–water partition coefficient (Wildman–Crippen LogP) is 11.5. The van der Waals surface area contributed by atoms with Gasteiger partial charge in [-0.1, -0.05) is 71.7 Å². The van der Waals surface area contributed by atoms with Gasteiger partial charge in [-0.05, 0) is 76.2 Å². The van der Waals surface area contributed by atoms with Gasteiger partial charge < -0.3 is 18.6 Å². The summed E-state index contributed by atoms with van der Waals surface area (Å²) >= 11 is 13.3. The quantitative estimate of drug-likeness (QED) is 0.128. The lowest BCUT2D eigenvalue weighted by atomic mass is 10.1. The molecule has 0 unspecified atom stereocenters. The van der Waals surface area contributed by atoms with Gasteiger partial charge in [0.05, 0.1) is 10.0 Å². The lowest BCUT2D eigenvalue weighted by Crippen LogP contribution is -2.21. The molecule has 0 bridgehead atoms. The molecule has 0 atom stereocenters. The summed E-state index contributed by atoms with van der Waals surface area (Å²) in [6.45, 7) is 12.3. The Morgan fingerprint density at radius 3 is 1.21 bits per heavy atom. The second-order valence-electron chi connectivity index (χ2n) is 11.2. The van der Waals surface area contributed by atoms with Crippen LogP contribution in [0.4, 0.5) is 11.4 Å². The van der Waals surface area contributed by atoms with Crippen molar-refractivity contribution in [1.82, 2.24) is 9.97 Å². The van der Waals surface area contributed by atoms with E-state index in [0.717, 1.165) is 59.8 Å². The van der Waals surface area contributed by atoms with Gasteiger partial charge in [0.25, 0.3) is 0 Å². The lowest BCUT2D eigenvalue weighted by Gasteiger charge is -2.21. The van der Waals surface area contributed by atoms with Gasteiger partial charge in [0.15, 0.2) is 11.5 Å². The summed E-state index contributed by atoms with van der Waals surface area (Å²) in [4.78, 5) is 14.4. The summed E-state index contributed by atoms with van der Waals surface area (Å²) in [5, 5.41) is 1.16. The van der Waals surface area contributed by atoms with Gasteiger partial charge in [0.2, 0.25) is 11.8 Å². The molecular weight excluding hydrogens is 639 g/mol. The zero-order valence-electron chi connectivity index (χ0n) is 27.6. The Labute approximate surface area is 292 Å². The van der Waals surface area contributed by atoms with Gasteiger partial charge in [0, 0.05) is 72.0 Å².